The molecule has 94 valence electrons. The molecule has 0 fully saturated rings. The zero-order chi connectivity index (χ0) is 12.8. The summed E-state index contributed by atoms with van der Waals surface area (Å²) in [6.07, 6.45) is 0. The Hall–Kier alpha value is -1.55. The first-order chi connectivity index (χ1) is 8.13. The predicted molar refractivity (Wildman–Crippen MR) is 66.2 cm³/mol. The fourth-order valence-electron chi connectivity index (χ4n) is 1.73. The lowest BCUT2D eigenvalue weighted by atomic mass is 10.0. The van der Waals surface area contributed by atoms with Crippen LogP contribution in [-0.2, 0) is 9.53 Å². The van der Waals surface area contributed by atoms with Crippen LogP contribution in [0.5, 0.6) is 5.75 Å². The Morgan fingerprint density at radius 2 is 2.18 bits per heavy atom. The Bertz CT molecular complexity index is 390. The molecule has 1 unspecified atom stereocenters. The average molecular weight is 237 g/mol. The standard InChI is InChI=1S/C13H19NO3/c1-5-17-13(15)12(14-3)10-6-7-11(16-4)9(2)8-10/h6-8,12,14H,5H2,1-4H3. The van der Waals surface area contributed by atoms with Crippen molar-refractivity contribution in [3.8, 4) is 5.75 Å². The van der Waals surface area contributed by atoms with Gasteiger partial charge in [0.25, 0.3) is 0 Å². The minimum absolute atomic E-state index is 0.264. The highest BCUT2D eigenvalue weighted by Crippen LogP contribution is 2.23. The molecule has 0 saturated heterocycles. The van der Waals surface area contributed by atoms with Crippen molar-refractivity contribution in [1.82, 2.24) is 5.32 Å². The number of ether oxygens (including phenoxy) is 2. The van der Waals surface area contributed by atoms with Gasteiger partial charge in [0.05, 0.1) is 13.7 Å². The van der Waals surface area contributed by atoms with Gasteiger partial charge in [-0.2, -0.15) is 0 Å². The second-order valence-electron chi connectivity index (χ2n) is 3.70. The van der Waals surface area contributed by atoms with E-state index in [9.17, 15) is 4.79 Å². The van der Waals surface area contributed by atoms with E-state index in [-0.39, 0.29) is 5.97 Å². The van der Waals surface area contributed by atoms with Crippen LogP contribution in [0.15, 0.2) is 18.2 Å². The van der Waals surface area contributed by atoms with Crippen LogP contribution in [0.1, 0.15) is 24.1 Å². The molecule has 0 amide bonds. The first-order valence-electron chi connectivity index (χ1n) is 5.62. The third-order valence-electron chi connectivity index (χ3n) is 2.56. The van der Waals surface area contributed by atoms with E-state index in [2.05, 4.69) is 5.32 Å². The van der Waals surface area contributed by atoms with E-state index in [1.54, 1.807) is 21.1 Å². The van der Waals surface area contributed by atoms with Crippen molar-refractivity contribution >= 4 is 5.97 Å². The van der Waals surface area contributed by atoms with Gasteiger partial charge in [-0.1, -0.05) is 12.1 Å². The number of hydrogen-bond acceptors (Lipinski definition) is 4. The minimum atomic E-state index is -0.431. The Labute approximate surface area is 102 Å². The maximum absolute atomic E-state index is 11.7. The zero-order valence-corrected chi connectivity index (χ0v) is 10.7. The van der Waals surface area contributed by atoms with Crippen LogP contribution in [0.2, 0.25) is 0 Å². The molecular weight excluding hydrogens is 218 g/mol. The molecule has 1 rings (SSSR count). The summed E-state index contributed by atoms with van der Waals surface area (Å²) in [7, 11) is 3.37. The van der Waals surface area contributed by atoms with E-state index in [4.69, 9.17) is 9.47 Å². The fourth-order valence-corrected chi connectivity index (χ4v) is 1.73. The van der Waals surface area contributed by atoms with Gasteiger partial charge in [-0.05, 0) is 38.1 Å². The van der Waals surface area contributed by atoms with Crippen LogP contribution in [0, 0.1) is 6.92 Å². The summed E-state index contributed by atoms with van der Waals surface area (Å²) in [5, 5.41) is 2.95. The number of rotatable bonds is 5. The van der Waals surface area contributed by atoms with Crippen LogP contribution in [0.3, 0.4) is 0 Å². The number of esters is 1. The lowest BCUT2D eigenvalue weighted by molar-refractivity contribution is -0.145. The number of nitrogens with one attached hydrogen (secondary N) is 1. The molecule has 0 bridgehead atoms. The molecule has 1 atom stereocenters. The van der Waals surface area contributed by atoms with E-state index in [0.717, 1.165) is 16.9 Å². The second kappa shape index (κ2) is 6.25. The van der Waals surface area contributed by atoms with Gasteiger partial charge in [0.2, 0.25) is 0 Å². The quantitative estimate of drug-likeness (QED) is 0.794. The first-order valence-corrected chi connectivity index (χ1v) is 5.62. The molecule has 0 aromatic heterocycles. The molecule has 1 aromatic carbocycles. The number of benzene rings is 1. The van der Waals surface area contributed by atoms with Crippen LogP contribution in [0.25, 0.3) is 0 Å². The third kappa shape index (κ3) is 3.20. The molecule has 0 heterocycles. The van der Waals surface area contributed by atoms with Gasteiger partial charge in [-0.15, -0.1) is 0 Å². The highest BCUT2D eigenvalue weighted by molar-refractivity contribution is 5.77. The monoisotopic (exact) mass is 237 g/mol. The van der Waals surface area contributed by atoms with Gasteiger partial charge < -0.3 is 14.8 Å². The summed E-state index contributed by atoms with van der Waals surface area (Å²) in [4.78, 5) is 11.7. The predicted octanol–water partition coefficient (Wildman–Crippen LogP) is 1.83. The highest BCUT2D eigenvalue weighted by atomic mass is 16.5. The van der Waals surface area contributed by atoms with Crippen molar-refractivity contribution < 1.29 is 14.3 Å². The molecule has 17 heavy (non-hydrogen) atoms. The average Bonchev–Trinajstić information content (AvgIpc) is 2.30. The maximum Gasteiger partial charge on any atom is 0.327 e. The van der Waals surface area contributed by atoms with Crippen molar-refractivity contribution in [2.24, 2.45) is 0 Å². The van der Waals surface area contributed by atoms with Crippen molar-refractivity contribution in [3.63, 3.8) is 0 Å². The normalized spacial score (nSPS) is 12.0. The van der Waals surface area contributed by atoms with Gasteiger partial charge >= 0.3 is 5.97 Å². The lowest BCUT2D eigenvalue weighted by Gasteiger charge is -2.16. The van der Waals surface area contributed by atoms with E-state index >= 15 is 0 Å². The molecule has 1 aromatic rings. The summed E-state index contributed by atoms with van der Waals surface area (Å²) >= 11 is 0. The van der Waals surface area contributed by atoms with Gasteiger partial charge in [0.15, 0.2) is 0 Å². The van der Waals surface area contributed by atoms with E-state index in [0.29, 0.717) is 6.61 Å². The van der Waals surface area contributed by atoms with Crippen molar-refractivity contribution in [3.05, 3.63) is 29.3 Å². The van der Waals surface area contributed by atoms with Crippen LogP contribution in [0.4, 0.5) is 0 Å². The summed E-state index contributed by atoms with van der Waals surface area (Å²) in [6, 6.07) is 5.22. The molecule has 0 radical (unpaired) electrons. The van der Waals surface area contributed by atoms with Crippen LogP contribution < -0.4 is 10.1 Å². The number of hydrogen-bond donors (Lipinski definition) is 1. The molecule has 1 N–H and O–H groups in total. The van der Waals surface area contributed by atoms with Crippen LogP contribution in [-0.4, -0.2) is 26.7 Å². The molecule has 0 aliphatic heterocycles. The molecule has 4 nitrogen and oxygen atoms in total. The molecule has 0 saturated carbocycles. The summed E-state index contributed by atoms with van der Waals surface area (Å²) in [5.41, 5.74) is 1.87. The van der Waals surface area contributed by atoms with E-state index < -0.39 is 6.04 Å². The lowest BCUT2D eigenvalue weighted by Crippen LogP contribution is -2.27. The smallest absolute Gasteiger partial charge is 0.327 e. The molecule has 4 heteroatoms. The molecular formula is C13H19NO3. The van der Waals surface area contributed by atoms with Crippen LogP contribution >= 0.6 is 0 Å². The van der Waals surface area contributed by atoms with Crippen molar-refractivity contribution in [2.75, 3.05) is 20.8 Å². The zero-order valence-electron chi connectivity index (χ0n) is 10.7. The summed E-state index contributed by atoms with van der Waals surface area (Å²) in [5.74, 6) is 0.548. The highest BCUT2D eigenvalue weighted by Gasteiger charge is 2.20. The number of aryl methyl sites for hydroxylation is 1. The largest absolute Gasteiger partial charge is 0.496 e. The van der Waals surface area contributed by atoms with Crippen molar-refractivity contribution in [1.29, 1.82) is 0 Å². The minimum Gasteiger partial charge on any atom is -0.496 e. The fraction of sp³-hybridized carbons (Fsp3) is 0.462. The molecule has 0 aliphatic rings. The second-order valence-corrected chi connectivity index (χ2v) is 3.70. The van der Waals surface area contributed by atoms with Crippen molar-refractivity contribution in [2.45, 2.75) is 19.9 Å². The first kappa shape index (κ1) is 13.5. The maximum atomic E-state index is 11.7. The van der Waals surface area contributed by atoms with Gasteiger partial charge in [-0.3, -0.25) is 0 Å². The van der Waals surface area contributed by atoms with E-state index in [1.165, 1.54) is 0 Å². The number of carbonyl (C=O) groups is 1. The Morgan fingerprint density at radius 1 is 1.47 bits per heavy atom. The van der Waals surface area contributed by atoms with Gasteiger partial charge in [0.1, 0.15) is 11.8 Å². The molecule has 0 spiro atoms. The number of likely N-dealkylation sites (N-methyl/N-ethyl adjacent to an activating group) is 1. The molecule has 0 aliphatic carbocycles. The number of carbonyl (C=O) groups excluding carboxylic acids is 1. The van der Waals surface area contributed by atoms with E-state index in [1.807, 2.05) is 25.1 Å². The Kier molecular flexibility index (Phi) is 4.97. The SMILES string of the molecule is CCOC(=O)C(NC)c1ccc(OC)c(C)c1. The van der Waals surface area contributed by atoms with Gasteiger partial charge in [0, 0.05) is 0 Å². The van der Waals surface area contributed by atoms with Gasteiger partial charge in [-0.25, -0.2) is 4.79 Å². The topological polar surface area (TPSA) is 47.6 Å². The summed E-state index contributed by atoms with van der Waals surface area (Å²) < 4.78 is 10.2. The Balaban J connectivity index is 2.96. The third-order valence-corrected chi connectivity index (χ3v) is 2.56. The summed E-state index contributed by atoms with van der Waals surface area (Å²) in [6.45, 7) is 4.12. The Morgan fingerprint density at radius 3 is 2.65 bits per heavy atom. The number of methoxy groups -OCH3 is 1.